The summed E-state index contributed by atoms with van der Waals surface area (Å²) in [5.74, 6) is 0. The summed E-state index contributed by atoms with van der Waals surface area (Å²) in [6.07, 6.45) is 0. The van der Waals surface area contributed by atoms with E-state index in [1.54, 1.807) is 48.5 Å². The molecule has 1 nitrogen and oxygen atoms in total. The molecule has 61 heavy (non-hydrogen) atoms. The van der Waals surface area contributed by atoms with Gasteiger partial charge in [-0.2, -0.15) is 0 Å². The number of aryl methyl sites for hydroxylation is 1. The zero-order valence-electron chi connectivity index (χ0n) is 54.9. The van der Waals surface area contributed by atoms with Gasteiger partial charge in [0.15, 0.2) is 0 Å². The fraction of sp³-hybridized carbons (Fsp3) is 0.200. The maximum absolute atomic E-state index is 10.2. The molecule has 1 aromatic heterocycles. The summed E-state index contributed by atoms with van der Waals surface area (Å²) in [6, 6.07) is -6.99. The van der Waals surface area contributed by atoms with E-state index in [0.29, 0.717) is 77.9 Å². The molecule has 298 valence electrons. The van der Waals surface area contributed by atoms with Crippen LogP contribution in [0.25, 0.3) is 98.8 Å². The van der Waals surface area contributed by atoms with E-state index >= 15 is 0 Å². The zero-order valence-corrected chi connectivity index (χ0v) is 35.9. The molecule has 1 heterocycles. The molecule has 0 N–H and O–H groups in total. The van der Waals surface area contributed by atoms with Crippen LogP contribution in [0.2, 0.25) is 0 Å². The van der Waals surface area contributed by atoms with Crippen molar-refractivity contribution >= 4 is 54.3 Å². The van der Waals surface area contributed by atoms with Crippen LogP contribution in [0.1, 0.15) is 101 Å². The Bertz CT molecular complexity index is 4620. The summed E-state index contributed by atoms with van der Waals surface area (Å²) in [5.41, 5.74) is 5.63. The van der Waals surface area contributed by atoms with Crippen LogP contribution in [-0.4, -0.2) is 0 Å². The van der Waals surface area contributed by atoms with Gasteiger partial charge in [0.1, 0.15) is 11.2 Å². The molecule has 0 bridgehead atoms. The van der Waals surface area contributed by atoms with Crippen molar-refractivity contribution < 1.29 is 30.5 Å². The van der Waals surface area contributed by atoms with Crippen LogP contribution in [-0.2, 0) is 5.41 Å². The lowest BCUT2D eigenvalue weighted by Gasteiger charge is -2.28. The minimum absolute atomic E-state index is 0.00249. The fourth-order valence-corrected chi connectivity index (χ4v) is 9.86. The molecule has 0 saturated heterocycles. The Hall–Kier alpha value is -6.44. The van der Waals surface area contributed by atoms with Crippen molar-refractivity contribution in [2.75, 3.05) is 0 Å². The van der Waals surface area contributed by atoms with Crippen molar-refractivity contribution in [3.05, 3.63) is 176 Å². The van der Waals surface area contributed by atoms with Gasteiger partial charge in [-0.15, -0.1) is 0 Å². The van der Waals surface area contributed by atoms with Crippen LogP contribution in [0.5, 0.6) is 0 Å². The Morgan fingerprint density at radius 2 is 1.05 bits per heavy atom. The zero-order chi connectivity index (χ0) is 58.9. The summed E-state index contributed by atoms with van der Waals surface area (Å²) in [7, 11) is 0. The first-order valence-electron chi connectivity index (χ1n) is 29.9. The van der Waals surface area contributed by atoms with Gasteiger partial charge < -0.3 is 4.42 Å². The molecule has 1 heteroatoms. The second-order valence-corrected chi connectivity index (χ2v) is 17.1. The van der Waals surface area contributed by atoms with Gasteiger partial charge in [-0.25, -0.2) is 0 Å². The van der Waals surface area contributed by atoms with Gasteiger partial charge in [-0.3, -0.25) is 0 Å². The van der Waals surface area contributed by atoms with Crippen molar-refractivity contribution in [3.8, 4) is 44.5 Å². The standard InChI is InChI=1S/C60H52O/c1-31-20-22-44-56(36(31)6)57(42-21-23-52-47(29-42)48-28-40-16-12-13-17-41(40)30-53(48)61-52)49-24-32(2)33(3)25-50(49)58(44)45-26-34(4)37(7)55(38(45)8)46-27-35(5)54-43-18-14-15-19-51(43)60(10,11)59(54)39(46)9/h12-30H,1-11H3/i12D,13D,14D,15D,16D,17D,18D,19D,20D,21D,22D,23D,24D,25D,26D,27D,28D,29D,30D. The van der Waals surface area contributed by atoms with E-state index in [1.807, 2.05) is 27.7 Å². The lowest BCUT2D eigenvalue weighted by Crippen LogP contribution is -2.17. The first-order valence-corrected chi connectivity index (χ1v) is 20.4. The van der Waals surface area contributed by atoms with Crippen LogP contribution >= 0.6 is 0 Å². The molecule has 0 atom stereocenters. The van der Waals surface area contributed by atoms with Crippen molar-refractivity contribution in [2.24, 2.45) is 0 Å². The number of fused-ring (bicyclic) bond motifs is 9. The van der Waals surface area contributed by atoms with Gasteiger partial charge in [0.25, 0.3) is 0 Å². The Kier molecular flexibility index (Phi) is 4.79. The van der Waals surface area contributed by atoms with Crippen molar-refractivity contribution in [3.63, 3.8) is 0 Å². The monoisotopic (exact) mass is 808 g/mol. The molecule has 0 aliphatic heterocycles. The number of benzene rings is 9. The van der Waals surface area contributed by atoms with Crippen LogP contribution in [0.3, 0.4) is 0 Å². The maximum atomic E-state index is 10.2. The molecule has 10 aromatic rings. The van der Waals surface area contributed by atoms with E-state index in [-0.39, 0.29) is 137 Å². The maximum Gasteiger partial charge on any atom is 0.136 e. The van der Waals surface area contributed by atoms with E-state index in [9.17, 15) is 15.1 Å². The van der Waals surface area contributed by atoms with Gasteiger partial charge in [0.05, 0.1) is 26.0 Å². The molecular weight excluding hydrogens is 737 g/mol. The highest BCUT2D eigenvalue weighted by atomic mass is 16.3. The van der Waals surface area contributed by atoms with Gasteiger partial charge in [0, 0.05) is 16.2 Å². The van der Waals surface area contributed by atoms with E-state index in [2.05, 4.69) is 0 Å². The van der Waals surface area contributed by atoms with E-state index in [4.69, 9.17) is 15.4 Å². The summed E-state index contributed by atoms with van der Waals surface area (Å²) < 4.78 is 184. The number of rotatable bonds is 3. The topological polar surface area (TPSA) is 13.1 Å². The summed E-state index contributed by atoms with van der Waals surface area (Å²) in [5, 5.41) is -0.729. The highest BCUT2D eigenvalue weighted by molar-refractivity contribution is 6.24. The average Bonchev–Trinajstić information content (AvgIpc) is 4.09. The molecule has 0 radical (unpaired) electrons. The number of hydrogen-bond acceptors (Lipinski definition) is 1. The third-order valence-electron chi connectivity index (χ3n) is 13.3. The third kappa shape index (κ3) is 5.19. The van der Waals surface area contributed by atoms with Crippen LogP contribution < -0.4 is 0 Å². The predicted octanol–water partition coefficient (Wildman–Crippen LogP) is 17.1. The molecule has 0 saturated carbocycles. The lowest BCUT2D eigenvalue weighted by atomic mass is 9.76. The number of furan rings is 1. The first-order chi connectivity index (χ1) is 37.2. The Morgan fingerprint density at radius 1 is 0.410 bits per heavy atom. The van der Waals surface area contributed by atoms with Crippen LogP contribution in [0, 0.1) is 62.3 Å². The fourth-order valence-electron chi connectivity index (χ4n) is 9.86. The average molecular weight is 808 g/mol. The molecular formula is C60H52O. The van der Waals surface area contributed by atoms with Crippen molar-refractivity contribution in [1.29, 1.82) is 0 Å². The molecule has 0 amide bonds. The van der Waals surface area contributed by atoms with Crippen LogP contribution in [0.15, 0.2) is 119 Å². The second kappa shape index (κ2) is 13.0. The normalized spacial score (nSPS) is 17.7. The molecule has 0 unspecified atom stereocenters. The highest BCUT2D eigenvalue weighted by Gasteiger charge is 2.38. The smallest absolute Gasteiger partial charge is 0.136 e. The minimum atomic E-state index is -0.971. The van der Waals surface area contributed by atoms with E-state index < -0.39 is 59.8 Å². The second-order valence-electron chi connectivity index (χ2n) is 17.1. The van der Waals surface area contributed by atoms with Gasteiger partial charge in [-0.05, 0) is 225 Å². The van der Waals surface area contributed by atoms with Gasteiger partial charge in [-0.1, -0.05) is 104 Å². The van der Waals surface area contributed by atoms with E-state index in [1.165, 1.54) is 0 Å². The largest absolute Gasteiger partial charge is 0.456 e. The van der Waals surface area contributed by atoms with Crippen molar-refractivity contribution in [1.82, 2.24) is 0 Å². The minimum Gasteiger partial charge on any atom is -0.456 e. The SMILES string of the molecule is [2H]c1c([2H])c([2H])c2c(c1[2H])-c1c(C)c([2H])c(-c3c(C)c(C)c([2H])c(-c4c5c([2H])c(C)c(C)c([2H])c5c(-c5c([2H])c([2H])c6oc7c([2H])c8c([2H])c([2H])c([2H])c([2H])c8c([2H])c7c6c5[2H])c5c(C)c(C)c([2H])c([2H])c45)c3C)c(C)c1C2(C)C. The molecule has 1 aliphatic rings. The molecule has 0 fully saturated rings. The van der Waals surface area contributed by atoms with Crippen molar-refractivity contribution in [2.45, 2.75) is 81.6 Å². The Labute approximate surface area is 386 Å². The van der Waals surface area contributed by atoms with Gasteiger partial charge >= 0.3 is 0 Å². The Morgan fingerprint density at radius 3 is 1.80 bits per heavy atom. The summed E-state index contributed by atoms with van der Waals surface area (Å²) >= 11 is 0. The Balaban J connectivity index is 1.35. The van der Waals surface area contributed by atoms with E-state index in [0.717, 1.165) is 5.56 Å². The quantitative estimate of drug-likeness (QED) is 0.162. The van der Waals surface area contributed by atoms with Crippen LogP contribution in [0.4, 0.5) is 0 Å². The molecule has 9 aromatic carbocycles. The highest BCUT2D eigenvalue weighted by Crippen LogP contribution is 2.55. The molecule has 11 rings (SSSR count). The summed E-state index contributed by atoms with van der Waals surface area (Å²) in [4.78, 5) is 0. The molecule has 0 spiro atoms. The molecule has 1 aliphatic carbocycles. The lowest BCUT2D eigenvalue weighted by molar-refractivity contribution is 0.655. The first kappa shape index (κ1) is 22.4. The van der Waals surface area contributed by atoms with Gasteiger partial charge in [0.2, 0.25) is 0 Å². The predicted molar refractivity (Wildman–Crippen MR) is 263 cm³/mol. The number of hydrogen-bond donors (Lipinski definition) is 0. The third-order valence-corrected chi connectivity index (χ3v) is 13.3. The summed E-state index contributed by atoms with van der Waals surface area (Å²) in [6.45, 7) is 19.5.